The molecule has 2 aromatic heterocycles. The van der Waals surface area contributed by atoms with E-state index in [0.717, 1.165) is 22.1 Å². The second kappa shape index (κ2) is 7.74. The zero-order valence-corrected chi connectivity index (χ0v) is 15.6. The minimum atomic E-state index is -0.203. The highest BCUT2D eigenvalue weighted by molar-refractivity contribution is 5.97. The molecule has 4 aromatic rings. The summed E-state index contributed by atoms with van der Waals surface area (Å²) in [5, 5.41) is 4.03. The summed E-state index contributed by atoms with van der Waals surface area (Å²) in [4.78, 5) is 30.8. The zero-order valence-electron chi connectivity index (χ0n) is 15.6. The fourth-order valence-electron chi connectivity index (χ4n) is 3.33. The Balaban J connectivity index is 1.48. The molecule has 1 amide bonds. The SMILES string of the molecule is CCOCCn1c(=O)[nH]c2cc(C(=O)NCc3cc4ccccc4[nH]3)ccc21. The van der Waals surface area contributed by atoms with E-state index in [2.05, 4.69) is 15.3 Å². The van der Waals surface area contributed by atoms with Crippen molar-refractivity contribution in [3.05, 3.63) is 70.3 Å². The molecular weight excluding hydrogens is 356 g/mol. The van der Waals surface area contributed by atoms with Crippen LogP contribution in [0.15, 0.2) is 53.3 Å². The number of nitrogens with zero attached hydrogens (tertiary/aromatic N) is 1. The first-order valence-electron chi connectivity index (χ1n) is 9.31. The van der Waals surface area contributed by atoms with E-state index in [1.54, 1.807) is 22.8 Å². The number of nitrogens with one attached hydrogen (secondary N) is 3. The van der Waals surface area contributed by atoms with Crippen molar-refractivity contribution in [2.24, 2.45) is 0 Å². The van der Waals surface area contributed by atoms with E-state index in [9.17, 15) is 9.59 Å². The molecule has 4 rings (SSSR count). The van der Waals surface area contributed by atoms with Gasteiger partial charge < -0.3 is 20.0 Å². The van der Waals surface area contributed by atoms with Gasteiger partial charge in [0.2, 0.25) is 0 Å². The van der Waals surface area contributed by atoms with Crippen LogP contribution in [-0.4, -0.2) is 33.7 Å². The predicted molar refractivity (Wildman–Crippen MR) is 109 cm³/mol. The van der Waals surface area contributed by atoms with Gasteiger partial charge in [0.05, 0.1) is 30.7 Å². The Morgan fingerprint density at radius 1 is 1.11 bits per heavy atom. The minimum Gasteiger partial charge on any atom is -0.380 e. The van der Waals surface area contributed by atoms with Gasteiger partial charge in [0.1, 0.15) is 0 Å². The Morgan fingerprint density at radius 2 is 1.96 bits per heavy atom. The first kappa shape index (κ1) is 18.1. The van der Waals surface area contributed by atoms with Gasteiger partial charge in [-0.3, -0.25) is 9.36 Å². The lowest BCUT2D eigenvalue weighted by molar-refractivity contribution is 0.0950. The molecule has 0 aliphatic rings. The van der Waals surface area contributed by atoms with E-state index in [-0.39, 0.29) is 11.6 Å². The van der Waals surface area contributed by atoms with Crippen LogP contribution in [0.1, 0.15) is 23.0 Å². The molecule has 3 N–H and O–H groups in total. The molecule has 0 radical (unpaired) electrons. The van der Waals surface area contributed by atoms with E-state index < -0.39 is 0 Å². The van der Waals surface area contributed by atoms with Gasteiger partial charge in [0.25, 0.3) is 5.91 Å². The number of fused-ring (bicyclic) bond motifs is 2. The Kier molecular flexibility index (Phi) is 4.99. The molecule has 7 heteroatoms. The number of aromatic amines is 2. The summed E-state index contributed by atoms with van der Waals surface area (Å²) in [7, 11) is 0. The van der Waals surface area contributed by atoms with Crippen molar-refractivity contribution >= 4 is 27.8 Å². The molecule has 0 saturated heterocycles. The quantitative estimate of drug-likeness (QED) is 0.432. The number of hydrogen-bond donors (Lipinski definition) is 3. The third-order valence-corrected chi connectivity index (χ3v) is 4.72. The van der Waals surface area contributed by atoms with Gasteiger partial charge in [-0.1, -0.05) is 18.2 Å². The Bertz CT molecular complexity index is 1150. The van der Waals surface area contributed by atoms with Crippen molar-refractivity contribution in [1.29, 1.82) is 0 Å². The molecule has 0 fully saturated rings. The highest BCUT2D eigenvalue weighted by atomic mass is 16.5. The largest absolute Gasteiger partial charge is 0.380 e. The number of carbonyl (C=O) groups is 1. The smallest absolute Gasteiger partial charge is 0.326 e. The molecule has 0 aliphatic carbocycles. The number of ether oxygens (including phenoxy) is 1. The molecular formula is C21H22N4O3. The van der Waals surface area contributed by atoms with Crippen molar-refractivity contribution in [2.45, 2.75) is 20.0 Å². The lowest BCUT2D eigenvalue weighted by Gasteiger charge is -2.06. The summed E-state index contributed by atoms with van der Waals surface area (Å²) >= 11 is 0. The summed E-state index contributed by atoms with van der Waals surface area (Å²) in [5.41, 5.74) is 3.68. The molecule has 0 bridgehead atoms. The second-order valence-electron chi connectivity index (χ2n) is 6.58. The number of amides is 1. The zero-order chi connectivity index (χ0) is 19.5. The molecule has 0 spiro atoms. The monoisotopic (exact) mass is 378 g/mol. The number of aromatic nitrogens is 3. The first-order chi connectivity index (χ1) is 13.7. The molecule has 2 heterocycles. The third-order valence-electron chi connectivity index (χ3n) is 4.72. The number of imidazole rings is 1. The van der Waals surface area contributed by atoms with Crippen LogP contribution in [0, 0.1) is 0 Å². The molecule has 7 nitrogen and oxygen atoms in total. The summed E-state index contributed by atoms with van der Waals surface area (Å²) < 4.78 is 6.95. The van der Waals surface area contributed by atoms with E-state index in [4.69, 9.17) is 4.74 Å². The molecule has 0 saturated carbocycles. The van der Waals surface area contributed by atoms with Gasteiger partial charge in [0, 0.05) is 23.4 Å². The van der Waals surface area contributed by atoms with E-state index in [1.165, 1.54) is 0 Å². The van der Waals surface area contributed by atoms with Crippen LogP contribution in [0.3, 0.4) is 0 Å². The number of benzene rings is 2. The van der Waals surface area contributed by atoms with Gasteiger partial charge >= 0.3 is 5.69 Å². The topological polar surface area (TPSA) is 91.9 Å². The maximum atomic E-state index is 12.5. The summed E-state index contributed by atoms with van der Waals surface area (Å²) in [5.74, 6) is -0.191. The fraction of sp³-hybridized carbons (Fsp3) is 0.238. The highest BCUT2D eigenvalue weighted by Crippen LogP contribution is 2.15. The second-order valence-corrected chi connectivity index (χ2v) is 6.58. The van der Waals surface area contributed by atoms with Gasteiger partial charge in [-0.05, 0) is 42.6 Å². The summed E-state index contributed by atoms with van der Waals surface area (Å²) in [6, 6.07) is 15.2. The Hall–Kier alpha value is -3.32. The van der Waals surface area contributed by atoms with Crippen molar-refractivity contribution in [2.75, 3.05) is 13.2 Å². The molecule has 144 valence electrons. The molecule has 0 unspecified atom stereocenters. The average molecular weight is 378 g/mol. The van der Waals surface area contributed by atoms with Crippen LogP contribution < -0.4 is 11.0 Å². The number of carbonyl (C=O) groups excluding carboxylic acids is 1. The van der Waals surface area contributed by atoms with Crippen LogP contribution in [0.4, 0.5) is 0 Å². The van der Waals surface area contributed by atoms with Gasteiger partial charge in [-0.15, -0.1) is 0 Å². The number of para-hydroxylation sites is 1. The van der Waals surface area contributed by atoms with Crippen molar-refractivity contribution < 1.29 is 9.53 Å². The van der Waals surface area contributed by atoms with Crippen LogP contribution >= 0.6 is 0 Å². The standard InChI is InChI=1S/C21H22N4O3/c1-2-28-10-9-25-19-8-7-15(12-18(19)24-21(25)27)20(26)22-13-16-11-14-5-3-4-6-17(14)23-16/h3-8,11-12,23H,2,9-10,13H2,1H3,(H,22,26)(H,24,27). The predicted octanol–water partition coefficient (Wildman–Crippen LogP) is 2.78. The normalized spacial score (nSPS) is 11.3. The highest BCUT2D eigenvalue weighted by Gasteiger charge is 2.11. The maximum Gasteiger partial charge on any atom is 0.326 e. The summed E-state index contributed by atoms with van der Waals surface area (Å²) in [6.45, 7) is 3.86. The number of rotatable bonds is 7. The molecule has 2 aromatic carbocycles. The van der Waals surface area contributed by atoms with Crippen LogP contribution in [0.5, 0.6) is 0 Å². The minimum absolute atomic E-state index is 0.191. The number of H-pyrrole nitrogens is 2. The van der Waals surface area contributed by atoms with E-state index >= 15 is 0 Å². The molecule has 0 atom stereocenters. The molecule has 28 heavy (non-hydrogen) atoms. The lowest BCUT2D eigenvalue weighted by Crippen LogP contribution is -2.22. The fourth-order valence-corrected chi connectivity index (χ4v) is 3.33. The van der Waals surface area contributed by atoms with Crippen LogP contribution in [0.25, 0.3) is 21.9 Å². The van der Waals surface area contributed by atoms with E-state index in [1.807, 2.05) is 37.3 Å². The number of hydrogen-bond acceptors (Lipinski definition) is 3. The van der Waals surface area contributed by atoms with Crippen molar-refractivity contribution in [1.82, 2.24) is 19.9 Å². The van der Waals surface area contributed by atoms with Gasteiger partial charge in [-0.25, -0.2) is 4.79 Å². The molecule has 0 aliphatic heterocycles. The van der Waals surface area contributed by atoms with Crippen molar-refractivity contribution in [3.8, 4) is 0 Å². The Morgan fingerprint density at radius 3 is 2.79 bits per heavy atom. The Labute approximate surface area is 161 Å². The average Bonchev–Trinajstić information content (AvgIpc) is 3.26. The van der Waals surface area contributed by atoms with Crippen molar-refractivity contribution in [3.63, 3.8) is 0 Å². The first-order valence-corrected chi connectivity index (χ1v) is 9.31. The third kappa shape index (κ3) is 3.57. The van der Waals surface area contributed by atoms with Gasteiger partial charge in [0.15, 0.2) is 0 Å². The maximum absolute atomic E-state index is 12.5. The van der Waals surface area contributed by atoms with Crippen LogP contribution in [-0.2, 0) is 17.8 Å². The lowest BCUT2D eigenvalue weighted by atomic mass is 10.2. The van der Waals surface area contributed by atoms with Crippen LogP contribution in [0.2, 0.25) is 0 Å². The summed E-state index contributed by atoms with van der Waals surface area (Å²) in [6.07, 6.45) is 0. The van der Waals surface area contributed by atoms with E-state index in [0.29, 0.717) is 37.4 Å². The van der Waals surface area contributed by atoms with Gasteiger partial charge in [-0.2, -0.15) is 0 Å².